The summed E-state index contributed by atoms with van der Waals surface area (Å²) in [4.78, 5) is 16.5. The molecule has 0 saturated heterocycles. The molecule has 2 heterocycles. The second-order valence-electron chi connectivity index (χ2n) is 7.47. The number of ether oxygens (including phenoxy) is 1. The maximum atomic E-state index is 12.3. The van der Waals surface area contributed by atoms with Crippen molar-refractivity contribution in [2.24, 2.45) is 0 Å². The maximum absolute atomic E-state index is 12.3. The fourth-order valence-corrected chi connectivity index (χ4v) is 4.46. The number of aryl methyl sites for hydroxylation is 1. The summed E-state index contributed by atoms with van der Waals surface area (Å²) < 4.78 is 7.72. The Kier molecular flexibility index (Phi) is 7.13. The highest BCUT2D eigenvalue weighted by Crippen LogP contribution is 2.25. The topological polar surface area (TPSA) is 69.9 Å². The molecule has 0 aliphatic heterocycles. The van der Waals surface area contributed by atoms with Crippen LogP contribution in [0.5, 0.6) is 0 Å². The Labute approximate surface area is 181 Å². The van der Waals surface area contributed by atoms with Crippen LogP contribution in [0.15, 0.2) is 60.0 Å². The summed E-state index contributed by atoms with van der Waals surface area (Å²) in [5.74, 6) is 0.835. The maximum Gasteiger partial charge on any atom is 0.316 e. The molecule has 3 aromatic rings. The number of rotatable bonds is 8. The molecule has 1 fully saturated rings. The third-order valence-electron chi connectivity index (χ3n) is 5.27. The highest BCUT2D eigenvalue weighted by Gasteiger charge is 2.20. The average Bonchev–Trinajstić information content (AvgIpc) is 3.21. The van der Waals surface area contributed by atoms with Crippen molar-refractivity contribution in [1.29, 1.82) is 0 Å². The van der Waals surface area contributed by atoms with E-state index in [2.05, 4.69) is 31.9 Å². The predicted octanol–water partition coefficient (Wildman–Crippen LogP) is 4.55. The van der Waals surface area contributed by atoms with Crippen molar-refractivity contribution in [1.82, 2.24) is 19.7 Å². The molecule has 2 aromatic heterocycles. The van der Waals surface area contributed by atoms with Crippen molar-refractivity contribution in [2.45, 2.75) is 56.3 Å². The van der Waals surface area contributed by atoms with Gasteiger partial charge in [-0.05, 0) is 49.8 Å². The SMILES string of the molecule is O=C(CSc1nnc(-c2cccnc2)n1CCc1ccccc1)OC1CCCCC1. The summed E-state index contributed by atoms with van der Waals surface area (Å²) in [6, 6.07) is 14.2. The van der Waals surface area contributed by atoms with Crippen LogP contribution in [-0.4, -0.2) is 37.6 Å². The minimum absolute atomic E-state index is 0.0776. The van der Waals surface area contributed by atoms with Gasteiger partial charge in [0.25, 0.3) is 0 Å². The molecule has 0 N–H and O–H groups in total. The second kappa shape index (κ2) is 10.4. The lowest BCUT2D eigenvalue weighted by atomic mass is 9.98. The average molecular weight is 423 g/mol. The van der Waals surface area contributed by atoms with Gasteiger partial charge in [-0.25, -0.2) is 0 Å². The molecule has 1 saturated carbocycles. The Morgan fingerprint density at radius 2 is 1.90 bits per heavy atom. The summed E-state index contributed by atoms with van der Waals surface area (Å²) in [5.41, 5.74) is 2.16. The Bertz CT molecular complexity index is 940. The number of nitrogens with zero attached hydrogens (tertiary/aromatic N) is 4. The molecule has 156 valence electrons. The Morgan fingerprint density at radius 3 is 2.67 bits per heavy atom. The van der Waals surface area contributed by atoms with Gasteiger partial charge in [-0.3, -0.25) is 9.78 Å². The molecule has 0 unspecified atom stereocenters. The van der Waals surface area contributed by atoms with Crippen molar-refractivity contribution in [3.8, 4) is 11.4 Å². The normalized spacial score (nSPS) is 14.5. The molecule has 7 heteroatoms. The van der Waals surface area contributed by atoms with Gasteiger partial charge in [-0.1, -0.05) is 48.5 Å². The number of hydrogen-bond acceptors (Lipinski definition) is 6. The zero-order valence-corrected chi connectivity index (χ0v) is 17.8. The molecule has 30 heavy (non-hydrogen) atoms. The largest absolute Gasteiger partial charge is 0.462 e. The predicted molar refractivity (Wildman–Crippen MR) is 117 cm³/mol. The van der Waals surface area contributed by atoms with Crippen molar-refractivity contribution in [2.75, 3.05) is 5.75 Å². The number of carbonyl (C=O) groups is 1. The van der Waals surface area contributed by atoms with Gasteiger partial charge in [-0.2, -0.15) is 0 Å². The van der Waals surface area contributed by atoms with Crippen molar-refractivity contribution >= 4 is 17.7 Å². The van der Waals surface area contributed by atoms with Gasteiger partial charge in [0.05, 0.1) is 5.75 Å². The van der Waals surface area contributed by atoms with E-state index in [-0.39, 0.29) is 17.8 Å². The van der Waals surface area contributed by atoms with Crippen LogP contribution in [0.1, 0.15) is 37.7 Å². The van der Waals surface area contributed by atoms with E-state index < -0.39 is 0 Å². The van der Waals surface area contributed by atoms with E-state index in [0.29, 0.717) is 0 Å². The highest BCUT2D eigenvalue weighted by molar-refractivity contribution is 7.99. The first-order valence-electron chi connectivity index (χ1n) is 10.5. The van der Waals surface area contributed by atoms with Crippen LogP contribution >= 0.6 is 11.8 Å². The van der Waals surface area contributed by atoms with Gasteiger partial charge < -0.3 is 9.30 Å². The number of benzene rings is 1. The van der Waals surface area contributed by atoms with E-state index in [1.54, 1.807) is 12.4 Å². The van der Waals surface area contributed by atoms with Crippen molar-refractivity contribution in [3.05, 3.63) is 60.4 Å². The number of carbonyl (C=O) groups excluding carboxylic acids is 1. The van der Waals surface area contributed by atoms with E-state index in [1.165, 1.54) is 23.7 Å². The zero-order chi connectivity index (χ0) is 20.6. The molecule has 1 aliphatic carbocycles. The Balaban J connectivity index is 1.46. The fraction of sp³-hybridized carbons (Fsp3) is 0.391. The van der Waals surface area contributed by atoms with Crippen LogP contribution < -0.4 is 0 Å². The van der Waals surface area contributed by atoms with Crippen molar-refractivity contribution in [3.63, 3.8) is 0 Å². The number of thioether (sulfide) groups is 1. The lowest BCUT2D eigenvalue weighted by Crippen LogP contribution is -2.22. The number of pyridine rings is 1. The minimum Gasteiger partial charge on any atom is -0.462 e. The van der Waals surface area contributed by atoms with Crippen LogP contribution in [0, 0.1) is 0 Å². The Morgan fingerprint density at radius 1 is 1.07 bits per heavy atom. The van der Waals surface area contributed by atoms with Crippen LogP contribution in [0.25, 0.3) is 11.4 Å². The van der Waals surface area contributed by atoms with Gasteiger partial charge in [0.2, 0.25) is 0 Å². The van der Waals surface area contributed by atoms with Gasteiger partial charge in [0.1, 0.15) is 6.10 Å². The lowest BCUT2D eigenvalue weighted by molar-refractivity contribution is -0.147. The molecule has 0 spiro atoms. The Hall–Kier alpha value is -2.67. The third kappa shape index (κ3) is 5.48. The van der Waals surface area contributed by atoms with Crippen LogP contribution in [-0.2, 0) is 22.5 Å². The van der Waals surface area contributed by atoms with Gasteiger partial charge >= 0.3 is 5.97 Å². The number of hydrogen-bond donors (Lipinski definition) is 0. The number of esters is 1. The quantitative estimate of drug-likeness (QED) is 0.392. The van der Waals surface area contributed by atoms with Crippen LogP contribution in [0.3, 0.4) is 0 Å². The molecule has 1 aliphatic rings. The zero-order valence-electron chi connectivity index (χ0n) is 16.9. The lowest BCUT2D eigenvalue weighted by Gasteiger charge is -2.21. The van der Waals surface area contributed by atoms with Gasteiger partial charge in [0.15, 0.2) is 11.0 Å². The smallest absolute Gasteiger partial charge is 0.316 e. The van der Waals surface area contributed by atoms with E-state index in [0.717, 1.165) is 55.2 Å². The minimum atomic E-state index is -0.174. The summed E-state index contributed by atoms with van der Waals surface area (Å²) in [5, 5.41) is 9.48. The van der Waals surface area contributed by atoms with Gasteiger partial charge in [-0.15, -0.1) is 10.2 Å². The first-order valence-corrected chi connectivity index (χ1v) is 11.5. The van der Waals surface area contributed by atoms with E-state index >= 15 is 0 Å². The molecular formula is C23H26N4O2S. The summed E-state index contributed by atoms with van der Waals surface area (Å²) in [7, 11) is 0. The van der Waals surface area contributed by atoms with E-state index in [9.17, 15) is 4.79 Å². The number of aromatic nitrogens is 4. The van der Waals surface area contributed by atoms with Crippen molar-refractivity contribution < 1.29 is 9.53 Å². The van der Waals surface area contributed by atoms with Gasteiger partial charge in [0, 0.05) is 24.5 Å². The molecule has 0 radical (unpaired) electrons. The molecular weight excluding hydrogens is 396 g/mol. The molecule has 4 rings (SSSR count). The third-order valence-corrected chi connectivity index (χ3v) is 6.21. The van der Waals surface area contributed by atoms with Crippen LogP contribution in [0.2, 0.25) is 0 Å². The second-order valence-corrected chi connectivity index (χ2v) is 8.42. The fourth-order valence-electron chi connectivity index (χ4n) is 3.72. The summed E-state index contributed by atoms with van der Waals surface area (Å²) in [6.07, 6.45) is 9.95. The first-order chi connectivity index (χ1) is 14.8. The molecule has 0 bridgehead atoms. The van der Waals surface area contributed by atoms with E-state index in [4.69, 9.17) is 4.74 Å². The monoisotopic (exact) mass is 422 g/mol. The molecule has 1 aromatic carbocycles. The first kappa shape index (κ1) is 20.6. The summed E-state index contributed by atoms with van der Waals surface area (Å²) in [6.45, 7) is 0.723. The highest BCUT2D eigenvalue weighted by atomic mass is 32.2. The standard InChI is InChI=1S/C23H26N4O2S/c28-21(29-20-11-5-2-6-12-20)17-30-23-26-25-22(19-10-7-14-24-16-19)27(23)15-13-18-8-3-1-4-9-18/h1,3-4,7-10,14,16,20H,2,5-6,11-13,15,17H2. The molecule has 0 atom stereocenters. The molecule has 0 amide bonds. The summed E-state index contributed by atoms with van der Waals surface area (Å²) >= 11 is 1.39. The van der Waals surface area contributed by atoms with E-state index in [1.807, 2.05) is 30.3 Å². The molecule has 6 nitrogen and oxygen atoms in total. The van der Waals surface area contributed by atoms with Crippen LogP contribution in [0.4, 0.5) is 0 Å².